The molecular formula is C30H39FO9S. The number of allylic oxidation sites excluding steroid dienone is 1. The summed E-state index contributed by atoms with van der Waals surface area (Å²) in [5.41, 5.74) is -5.62. The number of halogens is 1. The lowest BCUT2D eigenvalue weighted by Crippen LogP contribution is -2.70. The lowest BCUT2D eigenvalue weighted by Gasteiger charge is -2.63. The van der Waals surface area contributed by atoms with E-state index >= 15 is 4.39 Å². The van der Waals surface area contributed by atoms with Gasteiger partial charge in [0, 0.05) is 23.2 Å². The Hall–Kier alpha value is -2.02. The second-order valence-corrected chi connectivity index (χ2v) is 14.3. The number of alkyl halides is 1. The zero-order valence-corrected chi connectivity index (χ0v) is 24.4. The highest BCUT2D eigenvalue weighted by molar-refractivity contribution is 7.86. The highest BCUT2D eigenvalue weighted by atomic mass is 32.2. The number of ether oxygens (including phenoxy) is 1. The van der Waals surface area contributed by atoms with E-state index in [2.05, 4.69) is 0 Å². The van der Waals surface area contributed by atoms with Crippen LogP contribution < -0.4 is 0 Å². The Morgan fingerprint density at radius 1 is 1.17 bits per heavy atom. The van der Waals surface area contributed by atoms with Crippen molar-refractivity contribution >= 4 is 21.7 Å². The van der Waals surface area contributed by atoms with E-state index < -0.39 is 74.8 Å². The van der Waals surface area contributed by atoms with Gasteiger partial charge in [-0.25, -0.2) is 4.39 Å². The highest BCUT2D eigenvalue weighted by Gasteiger charge is 2.76. The molecule has 0 bridgehead atoms. The van der Waals surface area contributed by atoms with E-state index in [0.29, 0.717) is 24.0 Å². The van der Waals surface area contributed by atoms with Crippen molar-refractivity contribution in [3.63, 3.8) is 0 Å². The quantitative estimate of drug-likeness (QED) is 0.386. The Bertz CT molecular complexity index is 1350. The summed E-state index contributed by atoms with van der Waals surface area (Å²) >= 11 is 0. The Kier molecular flexibility index (Phi) is 7.65. The Labute approximate surface area is 239 Å². The lowest BCUT2D eigenvalue weighted by atomic mass is 9.44. The zero-order valence-electron chi connectivity index (χ0n) is 23.6. The van der Waals surface area contributed by atoms with Crippen LogP contribution in [0.5, 0.6) is 0 Å². The fraction of sp³-hybridized carbons (Fsp3) is 0.667. The maximum atomic E-state index is 17.5. The van der Waals surface area contributed by atoms with E-state index in [4.69, 9.17) is 8.92 Å². The lowest BCUT2D eigenvalue weighted by molar-refractivity contribution is -0.232. The number of ketones is 2. The molecule has 5 rings (SSSR count). The average molecular weight is 595 g/mol. The van der Waals surface area contributed by atoms with Gasteiger partial charge in [-0.1, -0.05) is 49.8 Å². The van der Waals surface area contributed by atoms with E-state index in [1.165, 1.54) is 6.08 Å². The van der Waals surface area contributed by atoms with E-state index in [-0.39, 0.29) is 38.1 Å². The molecular weight excluding hydrogens is 555 g/mol. The normalized spacial score (nSPS) is 41.1. The predicted molar refractivity (Wildman–Crippen MR) is 146 cm³/mol. The van der Waals surface area contributed by atoms with Crippen molar-refractivity contribution in [3.05, 3.63) is 47.5 Å². The van der Waals surface area contributed by atoms with Crippen LogP contribution in [0.1, 0.15) is 64.0 Å². The van der Waals surface area contributed by atoms with Gasteiger partial charge in [0.1, 0.15) is 18.4 Å². The van der Waals surface area contributed by atoms with Crippen LogP contribution in [0.25, 0.3) is 0 Å². The van der Waals surface area contributed by atoms with E-state index in [9.17, 15) is 33.3 Å². The number of carbonyl (C=O) groups excluding carboxylic acids is 2. The van der Waals surface area contributed by atoms with Crippen LogP contribution in [0.3, 0.4) is 0 Å². The van der Waals surface area contributed by atoms with Crippen LogP contribution in [-0.4, -0.2) is 78.3 Å². The minimum absolute atomic E-state index is 0.0518. The molecule has 0 aromatic heterocycles. The molecule has 41 heavy (non-hydrogen) atoms. The maximum Gasteiger partial charge on any atom is 0.265 e. The molecule has 0 radical (unpaired) electrons. The van der Waals surface area contributed by atoms with Crippen LogP contribution in [0.15, 0.2) is 42.0 Å². The van der Waals surface area contributed by atoms with Gasteiger partial charge in [0.25, 0.3) is 10.1 Å². The zero-order chi connectivity index (χ0) is 30.0. The molecule has 4 aliphatic rings. The third kappa shape index (κ3) is 4.55. The first-order chi connectivity index (χ1) is 19.1. The summed E-state index contributed by atoms with van der Waals surface area (Å²) in [6.45, 7) is 2.06. The predicted octanol–water partition coefficient (Wildman–Crippen LogP) is 2.59. The van der Waals surface area contributed by atoms with Crippen molar-refractivity contribution in [3.8, 4) is 0 Å². The molecule has 0 amide bonds. The first kappa shape index (κ1) is 30.4. The topological polar surface area (TPSA) is 147 Å². The second kappa shape index (κ2) is 10.3. The average Bonchev–Trinajstić information content (AvgIpc) is 3.14. The molecule has 9 nitrogen and oxygen atoms in total. The number of fused-ring (bicyclic) bond motifs is 5. The second-order valence-electron chi connectivity index (χ2n) is 12.7. The number of carbonyl (C=O) groups is 2. The molecule has 226 valence electrons. The SMILES string of the molecule is C[C@]12CCC(=O)C=C1CC[C@H]1[C@@H]3CC(OCC(OS(C)(=O)=O)c4ccccc4)[C@](O)(C(=O)CO)[C@@]3(C)CC(O)[C@@]12F. The van der Waals surface area contributed by atoms with Gasteiger partial charge >= 0.3 is 0 Å². The van der Waals surface area contributed by atoms with E-state index in [1.54, 1.807) is 44.2 Å². The standard InChI is InChI=1S/C30H39FO9S/c1-27-12-11-20(33)13-19(27)9-10-21-22-14-26(39-17-23(40-41(3,37)38)18-7-5-4-6-8-18)30(36,25(35)16-32)28(22,2)15-24(34)29(21,27)31/h4-8,13,21-24,26,32,34,36H,9-12,14-17H2,1-3H3/t21-,22-,23?,24?,26?,27-,28-,29-,30+/m0/s1. The Morgan fingerprint density at radius 2 is 1.85 bits per heavy atom. The van der Waals surface area contributed by atoms with Gasteiger partial charge < -0.3 is 20.1 Å². The van der Waals surface area contributed by atoms with Gasteiger partial charge in [0.2, 0.25) is 0 Å². The van der Waals surface area contributed by atoms with Gasteiger partial charge in [-0.15, -0.1) is 0 Å². The summed E-state index contributed by atoms with van der Waals surface area (Å²) in [6.07, 6.45) is -0.441. The number of Topliss-reactive ketones (excluding diaryl/α,β-unsaturated/α-hetero) is 1. The minimum atomic E-state index is -3.91. The Balaban J connectivity index is 1.51. The molecule has 3 saturated carbocycles. The largest absolute Gasteiger partial charge is 0.390 e. The molecule has 0 heterocycles. The van der Waals surface area contributed by atoms with Crippen LogP contribution in [0.2, 0.25) is 0 Å². The molecule has 0 saturated heterocycles. The van der Waals surface area contributed by atoms with Gasteiger partial charge in [0.15, 0.2) is 17.2 Å². The summed E-state index contributed by atoms with van der Waals surface area (Å²) in [5.74, 6) is -2.33. The first-order valence-corrected chi connectivity index (χ1v) is 16.0. The van der Waals surface area contributed by atoms with E-state index in [0.717, 1.165) is 6.26 Å². The smallest absolute Gasteiger partial charge is 0.265 e. The molecule has 0 aliphatic heterocycles. The van der Waals surface area contributed by atoms with Gasteiger partial charge in [-0.05, 0) is 49.7 Å². The third-order valence-corrected chi connectivity index (χ3v) is 11.3. The summed E-state index contributed by atoms with van der Waals surface area (Å²) < 4.78 is 53.0. The monoisotopic (exact) mass is 594 g/mol. The molecule has 1 aromatic rings. The number of aliphatic hydroxyl groups excluding tert-OH is 2. The molecule has 3 fully saturated rings. The van der Waals surface area contributed by atoms with Crippen molar-refractivity contribution in [2.24, 2.45) is 22.7 Å². The number of hydrogen-bond donors (Lipinski definition) is 3. The van der Waals surface area contributed by atoms with Crippen LogP contribution in [-0.2, 0) is 28.6 Å². The number of benzene rings is 1. The number of hydrogen-bond acceptors (Lipinski definition) is 9. The number of rotatable bonds is 8. The summed E-state index contributed by atoms with van der Waals surface area (Å²) in [7, 11) is -3.91. The molecule has 9 atom stereocenters. The highest BCUT2D eigenvalue weighted by Crippen LogP contribution is 2.70. The molecule has 11 heteroatoms. The molecule has 3 N–H and O–H groups in total. The fourth-order valence-electron chi connectivity index (χ4n) is 8.63. The molecule has 4 aliphatic carbocycles. The van der Waals surface area contributed by atoms with Crippen molar-refractivity contribution in [2.45, 2.75) is 82.0 Å². The van der Waals surface area contributed by atoms with Crippen LogP contribution in [0.4, 0.5) is 4.39 Å². The molecule has 0 spiro atoms. The number of aliphatic hydroxyl groups is 3. The third-order valence-electron chi connectivity index (χ3n) is 10.7. The van der Waals surface area contributed by atoms with Gasteiger partial charge in [0.05, 0.1) is 25.1 Å². The van der Waals surface area contributed by atoms with Crippen molar-refractivity contribution in [2.75, 3.05) is 19.5 Å². The van der Waals surface area contributed by atoms with Crippen molar-refractivity contribution in [1.29, 1.82) is 0 Å². The maximum absolute atomic E-state index is 17.5. The van der Waals surface area contributed by atoms with Crippen LogP contribution in [0, 0.1) is 22.7 Å². The van der Waals surface area contributed by atoms with Gasteiger partial charge in [-0.2, -0.15) is 8.42 Å². The summed E-state index contributed by atoms with van der Waals surface area (Å²) in [4.78, 5) is 25.5. The summed E-state index contributed by atoms with van der Waals surface area (Å²) in [5, 5.41) is 33.6. The van der Waals surface area contributed by atoms with Gasteiger partial charge in [-0.3, -0.25) is 13.8 Å². The summed E-state index contributed by atoms with van der Waals surface area (Å²) in [6, 6.07) is 8.49. The minimum Gasteiger partial charge on any atom is -0.390 e. The van der Waals surface area contributed by atoms with Crippen LogP contribution >= 0.6 is 0 Å². The molecule has 3 unspecified atom stereocenters. The van der Waals surface area contributed by atoms with E-state index in [1.807, 2.05) is 0 Å². The van der Waals surface area contributed by atoms with Crippen molar-refractivity contribution in [1.82, 2.24) is 0 Å². The molecule has 1 aromatic carbocycles. The van der Waals surface area contributed by atoms with Crippen molar-refractivity contribution < 1.29 is 46.6 Å². The first-order valence-electron chi connectivity index (χ1n) is 14.1. The fourth-order valence-corrected chi connectivity index (χ4v) is 9.22. The Morgan fingerprint density at radius 3 is 2.49 bits per heavy atom.